The molecule has 2 saturated heterocycles. The molecule has 12 heteroatoms. The number of rotatable bonds is 5. The van der Waals surface area contributed by atoms with Gasteiger partial charge in [-0.15, -0.1) is 0 Å². The molecule has 5 rings (SSSR count). The highest BCUT2D eigenvalue weighted by molar-refractivity contribution is 7.84. The highest BCUT2D eigenvalue weighted by Gasteiger charge is 2.46. The summed E-state index contributed by atoms with van der Waals surface area (Å²) in [5.74, 6) is 0.894. The van der Waals surface area contributed by atoms with Gasteiger partial charge in [0.1, 0.15) is 18.0 Å². The van der Waals surface area contributed by atoms with Crippen LogP contribution in [-0.2, 0) is 33.3 Å². The zero-order chi connectivity index (χ0) is 29.3. The molecule has 2 amide bonds. The normalized spacial score (nSPS) is 22.5. The largest absolute Gasteiger partial charge is 0.445 e. The van der Waals surface area contributed by atoms with Crippen molar-refractivity contribution in [2.24, 2.45) is 5.92 Å². The number of carbonyl (C=O) groups excluding carboxylic acids is 2. The van der Waals surface area contributed by atoms with Gasteiger partial charge in [-0.3, -0.25) is 9.11 Å². The van der Waals surface area contributed by atoms with E-state index in [2.05, 4.69) is 11.0 Å². The third-order valence-corrected chi connectivity index (χ3v) is 8.32. The fourth-order valence-corrected chi connectivity index (χ4v) is 6.28. The molecule has 1 aliphatic carbocycles. The van der Waals surface area contributed by atoms with Gasteiger partial charge in [0.2, 0.25) is 5.16 Å². The molecule has 218 valence electrons. The number of fused-ring (bicyclic) bond motifs is 4. The molecular weight excluding hydrogens is 544 g/mol. The third kappa shape index (κ3) is 6.30. The van der Waals surface area contributed by atoms with E-state index in [4.69, 9.17) is 19.4 Å². The average molecular weight is 581 g/mol. The van der Waals surface area contributed by atoms with Crippen LogP contribution in [0.5, 0.6) is 0 Å². The maximum Gasteiger partial charge on any atom is 0.410 e. The topological polar surface area (TPSA) is 129 Å². The minimum absolute atomic E-state index is 0.133. The first kappa shape index (κ1) is 28.8. The summed E-state index contributed by atoms with van der Waals surface area (Å²) in [6.07, 6.45) is 2.27. The van der Waals surface area contributed by atoms with Crippen molar-refractivity contribution < 1.29 is 23.3 Å². The van der Waals surface area contributed by atoms with E-state index in [1.807, 2.05) is 51.1 Å². The molecule has 0 saturated carbocycles. The van der Waals surface area contributed by atoms with Gasteiger partial charge in [-0.05, 0) is 45.1 Å². The van der Waals surface area contributed by atoms with Crippen molar-refractivity contribution >= 4 is 28.8 Å². The third-order valence-electron chi connectivity index (χ3n) is 7.63. The molecule has 0 spiro atoms. The first-order valence-corrected chi connectivity index (χ1v) is 15.4. The van der Waals surface area contributed by atoms with Crippen LogP contribution in [0.2, 0.25) is 0 Å². The standard InChI is InChI=1S/C29H36N6O5S/c1-29(2,3)40-28(37)35-16-20-14-22-24(23(35)15-20)31-26(41(4)38)32-25(22)33-12-13-34(21(17-33)10-11-30)27(36)39-18-19-8-6-5-7-9-19/h5-9,20-21,23H,10,12-18H2,1-4H3/t20-,21+,23-,41?/m1/s1. The van der Waals surface area contributed by atoms with Crippen molar-refractivity contribution in [3.63, 3.8) is 0 Å². The molecule has 0 N–H and O–H groups in total. The van der Waals surface area contributed by atoms with Crippen LogP contribution in [0, 0.1) is 17.2 Å². The molecule has 41 heavy (non-hydrogen) atoms. The van der Waals surface area contributed by atoms with E-state index in [1.54, 1.807) is 9.80 Å². The molecular formula is C29H36N6O5S. The summed E-state index contributed by atoms with van der Waals surface area (Å²) in [5, 5.41) is 9.77. The van der Waals surface area contributed by atoms with E-state index in [1.165, 1.54) is 6.26 Å². The van der Waals surface area contributed by atoms with E-state index in [0.29, 0.717) is 44.1 Å². The summed E-state index contributed by atoms with van der Waals surface area (Å²) in [7, 11) is -1.45. The van der Waals surface area contributed by atoms with Crippen LogP contribution < -0.4 is 4.90 Å². The minimum Gasteiger partial charge on any atom is -0.445 e. The Kier molecular flexibility index (Phi) is 8.18. The Hall–Kier alpha value is -3.72. The van der Waals surface area contributed by atoms with Gasteiger partial charge in [0.05, 0.1) is 41.1 Å². The van der Waals surface area contributed by atoms with Crippen LogP contribution in [0.3, 0.4) is 0 Å². The SMILES string of the molecule is CS(=O)c1nc2c(c(N3CCN(C(=O)OCc4ccccc4)[C@@H](CC#N)C3)n1)C[C@@H]1C[C@H]2N(C(=O)OC(C)(C)C)C1. The van der Waals surface area contributed by atoms with Gasteiger partial charge in [-0.25, -0.2) is 19.6 Å². The molecule has 2 bridgehead atoms. The number of aromatic nitrogens is 2. The molecule has 1 aromatic carbocycles. The van der Waals surface area contributed by atoms with Gasteiger partial charge in [0, 0.05) is 38.0 Å². The number of nitriles is 1. The molecule has 3 heterocycles. The van der Waals surface area contributed by atoms with Crippen molar-refractivity contribution in [3.8, 4) is 6.07 Å². The summed E-state index contributed by atoms with van der Waals surface area (Å²) in [5.41, 5.74) is 1.91. The van der Waals surface area contributed by atoms with Crippen LogP contribution in [0.25, 0.3) is 0 Å². The Morgan fingerprint density at radius 2 is 1.85 bits per heavy atom. The summed E-state index contributed by atoms with van der Waals surface area (Å²) < 4.78 is 23.9. The lowest BCUT2D eigenvalue weighted by Gasteiger charge is -2.41. The Morgan fingerprint density at radius 3 is 2.54 bits per heavy atom. The smallest absolute Gasteiger partial charge is 0.410 e. The quantitative estimate of drug-likeness (QED) is 0.485. The van der Waals surface area contributed by atoms with E-state index in [-0.39, 0.29) is 36.2 Å². The molecule has 0 radical (unpaired) electrons. The number of piperazine rings is 1. The highest BCUT2D eigenvalue weighted by Crippen LogP contribution is 2.46. The molecule has 11 nitrogen and oxygen atoms in total. The average Bonchev–Trinajstić information content (AvgIpc) is 3.28. The second-order valence-corrected chi connectivity index (χ2v) is 13.1. The van der Waals surface area contributed by atoms with Gasteiger partial charge in [-0.1, -0.05) is 30.3 Å². The second kappa shape index (κ2) is 11.6. The lowest BCUT2D eigenvalue weighted by atomic mass is 9.87. The second-order valence-electron chi connectivity index (χ2n) is 11.8. The van der Waals surface area contributed by atoms with Crippen LogP contribution in [0.15, 0.2) is 35.5 Å². The maximum atomic E-state index is 13.1. The molecule has 1 unspecified atom stereocenters. The zero-order valence-corrected chi connectivity index (χ0v) is 24.7. The first-order valence-electron chi connectivity index (χ1n) is 13.9. The minimum atomic E-state index is -1.45. The van der Waals surface area contributed by atoms with Gasteiger partial charge < -0.3 is 19.3 Å². The predicted octanol–water partition coefficient (Wildman–Crippen LogP) is 3.81. The number of hydrogen-bond donors (Lipinski definition) is 0. The first-order chi connectivity index (χ1) is 19.5. The maximum absolute atomic E-state index is 13.1. The van der Waals surface area contributed by atoms with Gasteiger partial charge in [0.15, 0.2) is 0 Å². The number of benzene rings is 1. The van der Waals surface area contributed by atoms with E-state index >= 15 is 0 Å². The van der Waals surface area contributed by atoms with Gasteiger partial charge in [0.25, 0.3) is 0 Å². The van der Waals surface area contributed by atoms with Gasteiger partial charge in [-0.2, -0.15) is 5.26 Å². The van der Waals surface area contributed by atoms with E-state index < -0.39 is 28.5 Å². The highest BCUT2D eigenvalue weighted by atomic mass is 32.2. The molecule has 2 aliphatic heterocycles. The van der Waals surface area contributed by atoms with E-state index in [9.17, 15) is 19.1 Å². The molecule has 4 atom stereocenters. The Balaban J connectivity index is 1.40. The molecule has 2 aromatic rings. The number of hydrogen-bond acceptors (Lipinski definition) is 9. The number of likely N-dealkylation sites (tertiary alicyclic amines) is 1. The zero-order valence-electron chi connectivity index (χ0n) is 23.9. The van der Waals surface area contributed by atoms with Crippen molar-refractivity contribution in [2.45, 2.75) is 69.5 Å². The number of nitrogens with zero attached hydrogens (tertiary/aromatic N) is 6. The van der Waals surface area contributed by atoms with Crippen LogP contribution in [-0.4, -0.2) is 80.2 Å². The Labute approximate surface area is 242 Å². The number of anilines is 1. The summed E-state index contributed by atoms with van der Waals surface area (Å²) in [4.78, 5) is 41.0. The number of carbonyl (C=O) groups is 2. The summed E-state index contributed by atoms with van der Waals surface area (Å²) in [6.45, 7) is 7.42. The molecule has 3 aliphatic rings. The van der Waals surface area contributed by atoms with Crippen molar-refractivity contribution in [1.29, 1.82) is 5.26 Å². The van der Waals surface area contributed by atoms with Crippen LogP contribution in [0.1, 0.15) is 56.5 Å². The lowest BCUT2D eigenvalue weighted by molar-refractivity contribution is 0.0219. The van der Waals surface area contributed by atoms with Crippen molar-refractivity contribution in [3.05, 3.63) is 47.2 Å². The number of ether oxygens (including phenoxy) is 2. The fraction of sp³-hybridized carbons (Fsp3) is 0.552. The van der Waals surface area contributed by atoms with Crippen LogP contribution >= 0.6 is 0 Å². The number of amides is 2. The molecule has 1 aromatic heterocycles. The van der Waals surface area contributed by atoms with Crippen LogP contribution in [0.4, 0.5) is 15.4 Å². The predicted molar refractivity (Wildman–Crippen MR) is 151 cm³/mol. The molecule has 2 fully saturated rings. The lowest BCUT2D eigenvalue weighted by Crippen LogP contribution is -2.55. The summed E-state index contributed by atoms with van der Waals surface area (Å²) >= 11 is 0. The Bertz CT molecular complexity index is 1370. The monoisotopic (exact) mass is 580 g/mol. The van der Waals surface area contributed by atoms with Gasteiger partial charge >= 0.3 is 12.2 Å². The summed E-state index contributed by atoms with van der Waals surface area (Å²) in [6, 6.07) is 11.0. The Morgan fingerprint density at radius 1 is 1.10 bits per heavy atom. The fourth-order valence-electron chi connectivity index (χ4n) is 5.84. The van der Waals surface area contributed by atoms with Crippen molar-refractivity contribution in [2.75, 3.05) is 37.3 Å². The van der Waals surface area contributed by atoms with E-state index in [0.717, 1.165) is 17.5 Å². The van der Waals surface area contributed by atoms with Crippen molar-refractivity contribution in [1.82, 2.24) is 19.8 Å².